The van der Waals surface area contributed by atoms with E-state index in [1.165, 1.54) is 12.8 Å². The Morgan fingerprint density at radius 2 is 2.08 bits per heavy atom. The van der Waals surface area contributed by atoms with Crippen LogP contribution in [0.15, 0.2) is 0 Å². The van der Waals surface area contributed by atoms with Crippen molar-refractivity contribution >= 4 is 18.3 Å². The molecule has 3 nitrogen and oxygen atoms in total. The molecule has 1 aliphatic heterocycles. The second-order valence-electron chi connectivity index (χ2n) is 3.43. The standard InChI is InChI=1S/C8H14N2O.ClH/c11-8(10-6-3-4-6)7-2-1-5-9-7;/h6-7,9H,1-5H2,(H,10,11);1H. The Morgan fingerprint density at radius 1 is 1.33 bits per heavy atom. The first-order chi connectivity index (χ1) is 5.36. The molecule has 0 aromatic carbocycles. The van der Waals surface area contributed by atoms with Gasteiger partial charge >= 0.3 is 0 Å². The van der Waals surface area contributed by atoms with Crippen molar-refractivity contribution in [2.45, 2.75) is 37.8 Å². The molecule has 1 heterocycles. The minimum absolute atomic E-state index is 0. The van der Waals surface area contributed by atoms with Crippen molar-refractivity contribution in [3.8, 4) is 0 Å². The van der Waals surface area contributed by atoms with Crippen LogP contribution in [0.1, 0.15) is 25.7 Å². The average molecular weight is 191 g/mol. The lowest BCUT2D eigenvalue weighted by molar-refractivity contribution is -0.122. The quantitative estimate of drug-likeness (QED) is 0.664. The van der Waals surface area contributed by atoms with E-state index in [4.69, 9.17) is 0 Å². The van der Waals surface area contributed by atoms with Gasteiger partial charge in [-0.05, 0) is 32.2 Å². The number of amides is 1. The number of hydrogen-bond donors (Lipinski definition) is 2. The van der Waals surface area contributed by atoms with Gasteiger partial charge in [0.1, 0.15) is 0 Å². The van der Waals surface area contributed by atoms with E-state index in [9.17, 15) is 4.79 Å². The van der Waals surface area contributed by atoms with Crippen LogP contribution >= 0.6 is 12.4 Å². The Hall–Kier alpha value is -0.280. The van der Waals surface area contributed by atoms with E-state index in [0.717, 1.165) is 19.4 Å². The minimum atomic E-state index is 0. The summed E-state index contributed by atoms with van der Waals surface area (Å²) in [6.45, 7) is 1.00. The number of hydrogen-bond acceptors (Lipinski definition) is 2. The van der Waals surface area contributed by atoms with Crippen LogP contribution < -0.4 is 10.6 Å². The van der Waals surface area contributed by atoms with Crippen LogP contribution in [0.4, 0.5) is 0 Å². The lowest BCUT2D eigenvalue weighted by atomic mass is 10.2. The second kappa shape index (κ2) is 4.10. The van der Waals surface area contributed by atoms with Crippen molar-refractivity contribution in [3.05, 3.63) is 0 Å². The molecule has 4 heteroatoms. The number of carbonyl (C=O) groups excluding carboxylic acids is 1. The maximum Gasteiger partial charge on any atom is 0.237 e. The third-order valence-corrected chi connectivity index (χ3v) is 2.30. The summed E-state index contributed by atoms with van der Waals surface area (Å²) in [6.07, 6.45) is 4.51. The van der Waals surface area contributed by atoms with Crippen LogP contribution in [0.3, 0.4) is 0 Å². The SMILES string of the molecule is Cl.O=C(NC1CC1)C1CCCN1. The molecule has 2 fully saturated rings. The highest BCUT2D eigenvalue weighted by Gasteiger charge is 2.28. The molecule has 0 bridgehead atoms. The van der Waals surface area contributed by atoms with Gasteiger partial charge in [-0.15, -0.1) is 12.4 Å². The zero-order chi connectivity index (χ0) is 7.68. The number of rotatable bonds is 2. The molecule has 1 aliphatic carbocycles. The van der Waals surface area contributed by atoms with Crippen molar-refractivity contribution in [1.82, 2.24) is 10.6 Å². The van der Waals surface area contributed by atoms with Crippen molar-refractivity contribution in [2.75, 3.05) is 6.54 Å². The summed E-state index contributed by atoms with van der Waals surface area (Å²) in [4.78, 5) is 11.3. The first kappa shape index (κ1) is 9.81. The highest BCUT2D eigenvalue weighted by Crippen LogP contribution is 2.19. The molecule has 70 valence electrons. The highest BCUT2D eigenvalue weighted by molar-refractivity contribution is 5.85. The van der Waals surface area contributed by atoms with Gasteiger partial charge < -0.3 is 10.6 Å². The van der Waals surface area contributed by atoms with Crippen LogP contribution in [-0.4, -0.2) is 24.5 Å². The Morgan fingerprint density at radius 3 is 2.58 bits per heavy atom. The molecule has 1 unspecified atom stereocenters. The zero-order valence-corrected chi connectivity index (χ0v) is 7.82. The zero-order valence-electron chi connectivity index (χ0n) is 7.01. The number of nitrogens with one attached hydrogen (secondary N) is 2. The molecule has 2 aliphatic rings. The lowest BCUT2D eigenvalue weighted by Crippen LogP contribution is -2.41. The third-order valence-electron chi connectivity index (χ3n) is 2.30. The van der Waals surface area contributed by atoms with Gasteiger partial charge in [-0.3, -0.25) is 4.79 Å². The molecule has 1 saturated heterocycles. The summed E-state index contributed by atoms with van der Waals surface area (Å²) in [5.74, 6) is 0.213. The first-order valence-electron chi connectivity index (χ1n) is 4.40. The summed E-state index contributed by atoms with van der Waals surface area (Å²) in [6, 6.07) is 0.612. The van der Waals surface area contributed by atoms with E-state index in [-0.39, 0.29) is 24.4 Å². The van der Waals surface area contributed by atoms with Crippen LogP contribution in [0.25, 0.3) is 0 Å². The van der Waals surface area contributed by atoms with Crippen LogP contribution in [0.5, 0.6) is 0 Å². The third kappa shape index (κ3) is 2.35. The molecule has 0 aromatic heterocycles. The maximum atomic E-state index is 11.3. The summed E-state index contributed by atoms with van der Waals surface area (Å²) >= 11 is 0. The topological polar surface area (TPSA) is 41.1 Å². The van der Waals surface area contributed by atoms with Gasteiger partial charge in [0, 0.05) is 6.04 Å². The average Bonchev–Trinajstić information content (AvgIpc) is 2.67. The molecule has 1 amide bonds. The van der Waals surface area contributed by atoms with Crippen molar-refractivity contribution in [3.63, 3.8) is 0 Å². The summed E-state index contributed by atoms with van der Waals surface area (Å²) in [5.41, 5.74) is 0. The molecule has 1 atom stereocenters. The second-order valence-corrected chi connectivity index (χ2v) is 3.43. The smallest absolute Gasteiger partial charge is 0.237 e. The van der Waals surface area contributed by atoms with Gasteiger partial charge in [-0.25, -0.2) is 0 Å². The highest BCUT2D eigenvalue weighted by atomic mass is 35.5. The summed E-state index contributed by atoms with van der Waals surface area (Å²) in [5, 5.41) is 6.17. The molecular formula is C8H15ClN2O. The predicted molar refractivity (Wildman–Crippen MR) is 49.4 cm³/mol. The molecule has 0 aromatic rings. The number of carbonyl (C=O) groups is 1. The minimum Gasteiger partial charge on any atom is -0.352 e. The van der Waals surface area contributed by atoms with Crippen molar-refractivity contribution in [2.24, 2.45) is 0 Å². The molecule has 2 N–H and O–H groups in total. The van der Waals surface area contributed by atoms with Crippen molar-refractivity contribution in [1.29, 1.82) is 0 Å². The summed E-state index contributed by atoms with van der Waals surface area (Å²) in [7, 11) is 0. The van der Waals surface area contributed by atoms with E-state index in [0.29, 0.717) is 6.04 Å². The molecule has 0 spiro atoms. The largest absolute Gasteiger partial charge is 0.352 e. The van der Waals surface area contributed by atoms with E-state index in [1.807, 2.05) is 0 Å². The van der Waals surface area contributed by atoms with Gasteiger partial charge in [0.05, 0.1) is 6.04 Å². The van der Waals surface area contributed by atoms with E-state index >= 15 is 0 Å². The van der Waals surface area contributed by atoms with Crippen molar-refractivity contribution < 1.29 is 4.79 Å². The fourth-order valence-corrected chi connectivity index (χ4v) is 1.44. The molecule has 2 rings (SSSR count). The molecular weight excluding hydrogens is 176 g/mol. The van der Waals surface area contributed by atoms with Crippen LogP contribution in [0, 0.1) is 0 Å². The Balaban J connectivity index is 0.000000720. The van der Waals surface area contributed by atoms with Crippen LogP contribution in [0.2, 0.25) is 0 Å². The number of halogens is 1. The predicted octanol–water partition coefficient (Wildman–Crippen LogP) is 0.439. The first-order valence-corrected chi connectivity index (χ1v) is 4.40. The Bertz CT molecular complexity index is 164. The van der Waals surface area contributed by atoms with Gasteiger partial charge in [-0.2, -0.15) is 0 Å². The van der Waals surface area contributed by atoms with Gasteiger partial charge in [-0.1, -0.05) is 0 Å². The Labute approximate surface area is 78.7 Å². The van der Waals surface area contributed by atoms with E-state index < -0.39 is 0 Å². The Kier molecular flexibility index (Phi) is 3.35. The summed E-state index contributed by atoms with van der Waals surface area (Å²) < 4.78 is 0. The fraction of sp³-hybridized carbons (Fsp3) is 0.875. The monoisotopic (exact) mass is 190 g/mol. The van der Waals surface area contributed by atoms with Gasteiger partial charge in [0.15, 0.2) is 0 Å². The van der Waals surface area contributed by atoms with E-state index in [2.05, 4.69) is 10.6 Å². The van der Waals surface area contributed by atoms with Gasteiger partial charge in [0.2, 0.25) is 5.91 Å². The van der Waals surface area contributed by atoms with Crippen LogP contribution in [-0.2, 0) is 4.79 Å². The normalized spacial score (nSPS) is 27.8. The van der Waals surface area contributed by atoms with Gasteiger partial charge in [0.25, 0.3) is 0 Å². The fourth-order valence-electron chi connectivity index (χ4n) is 1.44. The molecule has 12 heavy (non-hydrogen) atoms. The molecule has 1 saturated carbocycles. The lowest BCUT2D eigenvalue weighted by Gasteiger charge is -2.09. The maximum absolute atomic E-state index is 11.3. The van der Waals surface area contributed by atoms with E-state index in [1.54, 1.807) is 0 Å². The molecule has 0 radical (unpaired) electrons.